The highest BCUT2D eigenvalue weighted by molar-refractivity contribution is 8.32. The predicted octanol–water partition coefficient (Wildman–Crippen LogP) is 3.99. The lowest BCUT2D eigenvalue weighted by atomic mass is 10.2. The van der Waals surface area contributed by atoms with Gasteiger partial charge in [-0.1, -0.05) is 30.3 Å². The van der Waals surface area contributed by atoms with Crippen LogP contribution in [0.15, 0.2) is 30.3 Å². The van der Waals surface area contributed by atoms with E-state index in [1.165, 1.54) is 24.3 Å². The molecule has 4 nitrogen and oxygen atoms in total. The van der Waals surface area contributed by atoms with Crippen LogP contribution in [-0.4, -0.2) is 49.8 Å². The first kappa shape index (κ1) is 22.7. The highest BCUT2D eigenvalue weighted by Crippen LogP contribution is 2.53. The van der Waals surface area contributed by atoms with E-state index in [-0.39, 0.29) is 5.56 Å². The van der Waals surface area contributed by atoms with Gasteiger partial charge in [-0.2, -0.15) is 39.2 Å². The summed E-state index contributed by atoms with van der Waals surface area (Å²) in [5.74, 6) is -8.42. The minimum Gasteiger partial charge on any atom is -0.293 e. The van der Waals surface area contributed by atoms with Crippen LogP contribution < -0.4 is 0 Å². The Morgan fingerprint density at radius 1 is 0.962 bits per heavy atom. The molecule has 0 saturated carbocycles. The minimum atomic E-state index is -6.88. The maximum absolute atomic E-state index is 13.4. The fourth-order valence-corrected chi connectivity index (χ4v) is 5.36. The molecule has 1 aromatic rings. The van der Waals surface area contributed by atoms with Crippen LogP contribution in [0.3, 0.4) is 0 Å². The SMILES string of the molecule is CS(C)(CC(=O)c1ccccc1)OS(=O)(=O)C(F)(F)C(F)(F)C(F)(F)F. The normalized spacial score (nSPS) is 15.0. The summed E-state index contributed by atoms with van der Waals surface area (Å²) in [6.45, 7) is 0. The number of rotatable bonds is 7. The van der Waals surface area contributed by atoms with Crippen LogP contribution in [0.25, 0.3) is 0 Å². The molecule has 0 spiro atoms. The second kappa shape index (κ2) is 7.00. The quantitative estimate of drug-likeness (QED) is 0.485. The Kier molecular flexibility index (Phi) is 6.11. The molecule has 0 heterocycles. The Balaban J connectivity index is 3.09. The zero-order chi connectivity index (χ0) is 20.6. The number of Topliss-reactive ketones (excluding diaryl/α,β-unsaturated/α-hetero) is 1. The van der Waals surface area contributed by atoms with Gasteiger partial charge in [0.05, 0.1) is 5.75 Å². The first-order valence-electron chi connectivity index (χ1n) is 6.52. The fraction of sp³-hybridized carbons (Fsp3) is 0.462. The summed E-state index contributed by atoms with van der Waals surface area (Å²) in [6, 6.07) is 7.09. The molecule has 1 rings (SSSR count). The number of benzene rings is 1. The average Bonchev–Trinajstić information content (AvgIpc) is 2.44. The van der Waals surface area contributed by atoms with Crippen LogP contribution in [0, 0.1) is 0 Å². The minimum absolute atomic E-state index is 0.0569. The molecule has 0 aromatic heterocycles. The first-order valence-corrected chi connectivity index (χ1v) is 10.5. The van der Waals surface area contributed by atoms with Crippen molar-refractivity contribution in [2.45, 2.75) is 17.4 Å². The summed E-state index contributed by atoms with van der Waals surface area (Å²) in [6.07, 6.45) is -5.09. The van der Waals surface area contributed by atoms with Crippen LogP contribution in [0.5, 0.6) is 0 Å². The van der Waals surface area contributed by atoms with E-state index in [2.05, 4.69) is 3.63 Å². The van der Waals surface area contributed by atoms with Gasteiger partial charge in [0.15, 0.2) is 5.78 Å². The molecule has 150 valence electrons. The molecule has 0 aliphatic heterocycles. The van der Waals surface area contributed by atoms with Crippen molar-refractivity contribution < 1.29 is 47.6 Å². The van der Waals surface area contributed by atoms with E-state index in [0.717, 1.165) is 12.5 Å². The monoisotopic (exact) mass is 430 g/mol. The number of carbonyl (C=O) groups is 1. The molecule has 0 unspecified atom stereocenters. The number of halogens is 7. The van der Waals surface area contributed by atoms with Gasteiger partial charge in [0.1, 0.15) is 0 Å². The third-order valence-electron chi connectivity index (χ3n) is 2.88. The first-order chi connectivity index (χ1) is 11.4. The summed E-state index contributed by atoms with van der Waals surface area (Å²) in [5, 5.41) is -6.57. The molecule has 0 amide bonds. The van der Waals surface area contributed by atoms with Gasteiger partial charge in [-0.3, -0.25) is 4.79 Å². The molecule has 0 atom stereocenters. The van der Waals surface area contributed by atoms with Crippen molar-refractivity contribution >= 4 is 26.2 Å². The molecule has 0 bridgehead atoms. The Hall–Kier alpha value is -1.34. The third-order valence-corrected chi connectivity index (χ3v) is 6.92. The topological polar surface area (TPSA) is 60.4 Å². The van der Waals surface area contributed by atoms with Gasteiger partial charge in [-0.25, -0.2) is 3.63 Å². The van der Waals surface area contributed by atoms with Gasteiger partial charge in [-0.15, -0.1) is 10.3 Å². The second-order valence-electron chi connectivity index (χ2n) is 5.48. The molecule has 1 aromatic carbocycles. The molecule has 0 N–H and O–H groups in total. The molecule has 0 fully saturated rings. The highest BCUT2D eigenvalue weighted by Gasteiger charge is 2.79. The number of ketones is 1. The van der Waals surface area contributed by atoms with Crippen molar-refractivity contribution in [2.75, 3.05) is 18.3 Å². The summed E-state index contributed by atoms with van der Waals surface area (Å²) < 4.78 is 116. The number of alkyl halides is 7. The number of carbonyl (C=O) groups excluding carboxylic acids is 1. The molecular formula is C13H13F7O4S2. The Morgan fingerprint density at radius 2 is 1.42 bits per heavy atom. The van der Waals surface area contributed by atoms with Gasteiger partial charge in [-0.05, 0) is 12.5 Å². The Bertz CT molecular complexity index is 758. The molecule has 0 radical (unpaired) electrons. The van der Waals surface area contributed by atoms with Gasteiger partial charge in [0, 0.05) is 5.56 Å². The van der Waals surface area contributed by atoms with Crippen molar-refractivity contribution in [3.8, 4) is 0 Å². The molecular weight excluding hydrogens is 417 g/mol. The fourth-order valence-electron chi connectivity index (χ4n) is 1.65. The summed E-state index contributed by atoms with van der Waals surface area (Å²) in [4.78, 5) is 12.0. The van der Waals surface area contributed by atoms with E-state index in [9.17, 15) is 43.9 Å². The van der Waals surface area contributed by atoms with E-state index in [4.69, 9.17) is 0 Å². The van der Waals surface area contributed by atoms with E-state index < -0.39 is 49.3 Å². The lowest BCUT2D eigenvalue weighted by molar-refractivity contribution is -0.333. The number of hydrogen-bond donors (Lipinski definition) is 0. The lowest BCUT2D eigenvalue weighted by Gasteiger charge is -2.33. The van der Waals surface area contributed by atoms with Crippen molar-refractivity contribution in [2.24, 2.45) is 0 Å². The lowest BCUT2D eigenvalue weighted by Crippen LogP contribution is -2.56. The van der Waals surface area contributed by atoms with E-state index in [1.807, 2.05) is 0 Å². The molecule has 0 saturated heterocycles. The highest BCUT2D eigenvalue weighted by atomic mass is 32.3. The van der Waals surface area contributed by atoms with Crippen LogP contribution in [0.1, 0.15) is 10.4 Å². The zero-order valence-corrected chi connectivity index (χ0v) is 14.8. The third kappa shape index (κ3) is 4.49. The Labute approximate surface area is 146 Å². The van der Waals surface area contributed by atoms with Crippen LogP contribution in [0.4, 0.5) is 30.7 Å². The van der Waals surface area contributed by atoms with Crippen molar-refractivity contribution in [3.63, 3.8) is 0 Å². The summed E-state index contributed by atoms with van der Waals surface area (Å²) >= 11 is 0. The molecule has 0 aliphatic rings. The Morgan fingerprint density at radius 3 is 1.85 bits per heavy atom. The zero-order valence-electron chi connectivity index (χ0n) is 13.2. The van der Waals surface area contributed by atoms with Crippen molar-refractivity contribution in [3.05, 3.63) is 35.9 Å². The maximum atomic E-state index is 13.4. The smallest absolute Gasteiger partial charge is 0.293 e. The summed E-state index contributed by atoms with van der Waals surface area (Å²) in [5.41, 5.74) is 0.0569. The van der Waals surface area contributed by atoms with E-state index >= 15 is 0 Å². The second-order valence-corrected chi connectivity index (χ2v) is 10.6. The van der Waals surface area contributed by atoms with Gasteiger partial charge in [0.2, 0.25) is 0 Å². The largest absolute Gasteiger partial charge is 0.461 e. The number of hydrogen-bond acceptors (Lipinski definition) is 4. The van der Waals surface area contributed by atoms with Crippen LogP contribution >= 0.6 is 10.3 Å². The summed E-state index contributed by atoms with van der Waals surface area (Å²) in [7, 11) is -10.00. The standard InChI is InChI=1S/C13H13F7O4S2/c1-25(2,8-10(21)9-6-4-3-5-7-9)24-26(22,23)13(19,20)11(14,15)12(16,17)18/h3-7H,8H2,1-2H3. The van der Waals surface area contributed by atoms with Gasteiger partial charge in [0.25, 0.3) is 0 Å². The van der Waals surface area contributed by atoms with Gasteiger partial charge < -0.3 is 0 Å². The van der Waals surface area contributed by atoms with Crippen molar-refractivity contribution in [1.82, 2.24) is 0 Å². The van der Waals surface area contributed by atoms with Crippen molar-refractivity contribution in [1.29, 1.82) is 0 Å². The van der Waals surface area contributed by atoms with Gasteiger partial charge >= 0.3 is 27.5 Å². The van der Waals surface area contributed by atoms with E-state index in [1.54, 1.807) is 6.07 Å². The van der Waals surface area contributed by atoms with Crippen LogP contribution in [-0.2, 0) is 13.7 Å². The molecule has 26 heavy (non-hydrogen) atoms. The average molecular weight is 430 g/mol. The molecule has 0 aliphatic carbocycles. The molecule has 13 heteroatoms. The maximum Gasteiger partial charge on any atom is 0.461 e. The van der Waals surface area contributed by atoms with Crippen LogP contribution in [0.2, 0.25) is 0 Å². The van der Waals surface area contributed by atoms with E-state index in [0.29, 0.717) is 0 Å². The predicted molar refractivity (Wildman–Crippen MR) is 81.0 cm³/mol.